The van der Waals surface area contributed by atoms with Gasteiger partial charge in [0.05, 0.1) is 17.5 Å². The van der Waals surface area contributed by atoms with Gasteiger partial charge in [-0.05, 0) is 42.7 Å². The minimum absolute atomic E-state index is 0.168. The first-order chi connectivity index (χ1) is 18.3. The normalized spacial score (nSPS) is 17.2. The van der Waals surface area contributed by atoms with Crippen LogP contribution in [0.1, 0.15) is 88.3 Å². The molecule has 0 unspecified atom stereocenters. The Kier molecular flexibility index (Phi) is 9.78. The molecule has 1 amide bonds. The standard InChI is InChI=1S/C31H40N2O4S/c1-38(35,36)33-30(34)23-31(21-11-7-5-3-2-4-6-8-12-22-31)26-16-19-28(20-17-26)37-24-27-18-15-25-13-9-10-14-29(25)32-27/h9-10,13-20H,2-8,11-12,21-24H2,1H3,(H,33,34). The fraction of sp³-hybridized carbons (Fsp3) is 0.484. The maximum absolute atomic E-state index is 12.9. The molecule has 1 fully saturated rings. The molecule has 0 spiro atoms. The molecule has 2 aromatic carbocycles. The SMILES string of the molecule is CS(=O)(=O)NC(=O)CC1(c2ccc(OCc3ccc4ccccc4n3)cc2)CCCCCCCCCCC1. The summed E-state index contributed by atoms with van der Waals surface area (Å²) in [6.45, 7) is 0.367. The van der Waals surface area contributed by atoms with Gasteiger partial charge in [-0.25, -0.2) is 13.4 Å². The minimum Gasteiger partial charge on any atom is -0.487 e. The van der Waals surface area contributed by atoms with Crippen molar-refractivity contribution in [1.29, 1.82) is 0 Å². The summed E-state index contributed by atoms with van der Waals surface area (Å²) in [6.07, 6.45) is 13.5. The average Bonchev–Trinajstić information content (AvgIpc) is 2.88. The molecule has 3 aromatic rings. The van der Waals surface area contributed by atoms with Crippen LogP contribution in [0, 0.1) is 0 Å². The smallest absolute Gasteiger partial charge is 0.234 e. The molecule has 0 saturated heterocycles. The number of carbonyl (C=O) groups is 1. The predicted octanol–water partition coefficient (Wildman–Crippen LogP) is 6.82. The van der Waals surface area contributed by atoms with E-state index in [0.717, 1.165) is 72.7 Å². The van der Waals surface area contributed by atoms with Crippen LogP contribution < -0.4 is 9.46 Å². The van der Waals surface area contributed by atoms with Crippen molar-refractivity contribution in [3.05, 3.63) is 71.9 Å². The summed E-state index contributed by atoms with van der Waals surface area (Å²) >= 11 is 0. The van der Waals surface area contributed by atoms with Crippen LogP contribution >= 0.6 is 0 Å². The molecule has 0 radical (unpaired) electrons. The van der Waals surface area contributed by atoms with Gasteiger partial charge in [-0.3, -0.25) is 9.52 Å². The summed E-state index contributed by atoms with van der Waals surface area (Å²) in [5, 5.41) is 1.10. The van der Waals surface area contributed by atoms with Crippen molar-refractivity contribution in [1.82, 2.24) is 9.71 Å². The number of pyridine rings is 1. The van der Waals surface area contributed by atoms with E-state index in [0.29, 0.717) is 6.61 Å². The van der Waals surface area contributed by atoms with Gasteiger partial charge < -0.3 is 4.74 Å². The summed E-state index contributed by atoms with van der Waals surface area (Å²) in [5.74, 6) is 0.315. The molecular formula is C31H40N2O4S. The first-order valence-electron chi connectivity index (χ1n) is 13.9. The minimum atomic E-state index is -3.60. The molecule has 1 aliphatic carbocycles. The number of ether oxygens (including phenoxy) is 1. The van der Waals surface area contributed by atoms with Gasteiger partial charge in [0.1, 0.15) is 12.4 Å². The second-order valence-corrected chi connectivity index (χ2v) is 12.5. The number of nitrogens with zero attached hydrogens (tertiary/aromatic N) is 1. The lowest BCUT2D eigenvalue weighted by molar-refractivity contribution is -0.120. The number of hydrogen-bond donors (Lipinski definition) is 1. The molecule has 1 heterocycles. The fourth-order valence-corrected chi connectivity index (χ4v) is 6.14. The van der Waals surface area contributed by atoms with Crippen LogP contribution in [0.25, 0.3) is 10.9 Å². The summed E-state index contributed by atoms with van der Waals surface area (Å²) in [7, 11) is -3.60. The van der Waals surface area contributed by atoms with Crippen molar-refractivity contribution in [2.24, 2.45) is 0 Å². The summed E-state index contributed by atoms with van der Waals surface area (Å²) in [4.78, 5) is 17.6. The van der Waals surface area contributed by atoms with Gasteiger partial charge in [0.15, 0.2) is 0 Å². The highest BCUT2D eigenvalue weighted by atomic mass is 32.2. The van der Waals surface area contributed by atoms with Crippen molar-refractivity contribution < 1.29 is 17.9 Å². The Hall–Kier alpha value is -2.93. The van der Waals surface area contributed by atoms with Gasteiger partial charge in [-0.15, -0.1) is 0 Å². The second kappa shape index (κ2) is 13.2. The van der Waals surface area contributed by atoms with Crippen LogP contribution in [0.2, 0.25) is 0 Å². The second-order valence-electron chi connectivity index (χ2n) is 10.7. The topological polar surface area (TPSA) is 85.4 Å². The third-order valence-electron chi connectivity index (χ3n) is 7.62. The van der Waals surface area contributed by atoms with E-state index in [9.17, 15) is 13.2 Å². The highest BCUT2D eigenvalue weighted by molar-refractivity contribution is 7.89. The largest absolute Gasteiger partial charge is 0.487 e. The molecule has 38 heavy (non-hydrogen) atoms. The Bertz CT molecular complexity index is 1290. The van der Waals surface area contributed by atoms with Crippen LogP contribution in [-0.2, 0) is 26.8 Å². The molecule has 0 bridgehead atoms. The Morgan fingerprint density at radius 2 is 1.45 bits per heavy atom. The first-order valence-corrected chi connectivity index (χ1v) is 15.8. The van der Waals surface area contributed by atoms with Crippen LogP contribution in [0.3, 0.4) is 0 Å². The number of benzene rings is 2. The number of para-hydroxylation sites is 1. The van der Waals surface area contributed by atoms with Gasteiger partial charge in [0, 0.05) is 17.2 Å². The Morgan fingerprint density at radius 1 is 0.842 bits per heavy atom. The van der Waals surface area contributed by atoms with Gasteiger partial charge in [0.2, 0.25) is 15.9 Å². The predicted molar refractivity (Wildman–Crippen MR) is 153 cm³/mol. The average molecular weight is 537 g/mol. The van der Waals surface area contributed by atoms with Crippen LogP contribution in [0.15, 0.2) is 60.7 Å². The van der Waals surface area contributed by atoms with Gasteiger partial charge in [-0.1, -0.05) is 94.2 Å². The van der Waals surface area contributed by atoms with E-state index in [4.69, 9.17) is 4.74 Å². The lowest BCUT2D eigenvalue weighted by Crippen LogP contribution is -2.37. The molecule has 204 valence electrons. The van der Waals surface area contributed by atoms with E-state index in [1.165, 1.54) is 32.1 Å². The molecule has 0 aliphatic heterocycles. The number of rotatable bonds is 7. The van der Waals surface area contributed by atoms with Crippen molar-refractivity contribution in [2.75, 3.05) is 6.26 Å². The first kappa shape index (κ1) is 28.1. The van der Waals surface area contributed by atoms with E-state index in [1.807, 2.05) is 42.5 Å². The van der Waals surface area contributed by atoms with E-state index in [1.54, 1.807) is 0 Å². The van der Waals surface area contributed by atoms with Gasteiger partial charge in [0.25, 0.3) is 0 Å². The molecular weight excluding hydrogens is 496 g/mol. The summed E-state index contributed by atoms with van der Waals surface area (Å²) < 4.78 is 31.8. The third kappa shape index (κ3) is 8.29. The Morgan fingerprint density at radius 3 is 2.08 bits per heavy atom. The number of nitrogens with one attached hydrogen (secondary N) is 1. The lowest BCUT2D eigenvalue weighted by atomic mass is 9.70. The molecule has 1 aromatic heterocycles. The highest BCUT2D eigenvalue weighted by Gasteiger charge is 2.34. The number of aromatic nitrogens is 1. The van der Waals surface area contributed by atoms with E-state index >= 15 is 0 Å². The van der Waals surface area contributed by atoms with Crippen LogP contribution in [-0.4, -0.2) is 25.6 Å². The lowest BCUT2D eigenvalue weighted by Gasteiger charge is -2.35. The number of hydrogen-bond acceptors (Lipinski definition) is 5. The van der Waals surface area contributed by atoms with Crippen molar-refractivity contribution in [3.8, 4) is 5.75 Å². The number of fused-ring (bicyclic) bond motifs is 1. The number of sulfonamides is 1. The number of carbonyl (C=O) groups excluding carboxylic acids is 1. The molecule has 1 saturated carbocycles. The van der Waals surface area contributed by atoms with Gasteiger partial charge in [-0.2, -0.15) is 0 Å². The molecule has 6 nitrogen and oxygen atoms in total. The van der Waals surface area contributed by atoms with E-state index in [2.05, 4.69) is 27.9 Å². The molecule has 1 N–H and O–H groups in total. The van der Waals surface area contributed by atoms with Crippen molar-refractivity contribution in [2.45, 2.75) is 89.1 Å². The van der Waals surface area contributed by atoms with Crippen LogP contribution in [0.5, 0.6) is 5.75 Å². The van der Waals surface area contributed by atoms with E-state index in [-0.39, 0.29) is 6.42 Å². The zero-order chi connectivity index (χ0) is 26.8. The molecule has 4 rings (SSSR count). The Balaban J connectivity index is 1.52. The quantitative estimate of drug-likeness (QED) is 0.358. The fourth-order valence-electron chi connectivity index (χ4n) is 5.66. The zero-order valence-corrected chi connectivity index (χ0v) is 23.3. The third-order valence-corrected chi connectivity index (χ3v) is 8.22. The van der Waals surface area contributed by atoms with E-state index < -0.39 is 21.3 Å². The van der Waals surface area contributed by atoms with Crippen molar-refractivity contribution in [3.63, 3.8) is 0 Å². The summed E-state index contributed by atoms with van der Waals surface area (Å²) in [6, 6.07) is 20.1. The van der Waals surface area contributed by atoms with Crippen molar-refractivity contribution >= 4 is 26.8 Å². The van der Waals surface area contributed by atoms with Crippen LogP contribution in [0.4, 0.5) is 0 Å². The highest BCUT2D eigenvalue weighted by Crippen LogP contribution is 2.40. The summed E-state index contributed by atoms with van der Waals surface area (Å²) in [5.41, 5.74) is 2.49. The Labute approximate surface area is 227 Å². The molecule has 1 aliphatic rings. The molecule has 7 heteroatoms. The maximum atomic E-state index is 12.9. The molecule has 0 atom stereocenters. The zero-order valence-electron chi connectivity index (χ0n) is 22.5. The van der Waals surface area contributed by atoms with Gasteiger partial charge >= 0.3 is 0 Å². The monoisotopic (exact) mass is 536 g/mol. The maximum Gasteiger partial charge on any atom is 0.234 e. The number of amides is 1.